The van der Waals surface area contributed by atoms with Crippen molar-refractivity contribution in [3.8, 4) is 5.75 Å². The number of rotatable bonds is 4. The standard InChI is InChI=1S/C14H19BrN2O2/c1-19-13-8-11(15)7-12(9-13)16-10-14(18)17-5-3-2-4-6-17/h7-9,16H,2-6,10H2,1H3. The number of carbonyl (C=O) groups excluding carboxylic acids is 1. The van der Waals surface area contributed by atoms with E-state index in [4.69, 9.17) is 4.74 Å². The maximum Gasteiger partial charge on any atom is 0.241 e. The van der Waals surface area contributed by atoms with E-state index in [-0.39, 0.29) is 5.91 Å². The van der Waals surface area contributed by atoms with E-state index in [9.17, 15) is 4.79 Å². The van der Waals surface area contributed by atoms with Crippen molar-refractivity contribution in [2.75, 3.05) is 32.1 Å². The number of benzene rings is 1. The molecule has 0 atom stereocenters. The second-order valence-corrected chi connectivity index (χ2v) is 5.59. The lowest BCUT2D eigenvalue weighted by Crippen LogP contribution is -2.39. The second-order valence-electron chi connectivity index (χ2n) is 4.67. The SMILES string of the molecule is COc1cc(Br)cc(NCC(=O)N2CCCCC2)c1. The van der Waals surface area contributed by atoms with Crippen molar-refractivity contribution in [1.29, 1.82) is 0 Å². The lowest BCUT2D eigenvalue weighted by atomic mass is 10.1. The van der Waals surface area contributed by atoms with Gasteiger partial charge in [-0.1, -0.05) is 15.9 Å². The van der Waals surface area contributed by atoms with Crippen LogP contribution >= 0.6 is 15.9 Å². The first-order valence-electron chi connectivity index (χ1n) is 6.55. The van der Waals surface area contributed by atoms with E-state index < -0.39 is 0 Å². The third kappa shape index (κ3) is 4.13. The van der Waals surface area contributed by atoms with E-state index in [1.807, 2.05) is 23.1 Å². The molecular weight excluding hydrogens is 308 g/mol. The number of nitrogens with one attached hydrogen (secondary N) is 1. The molecule has 104 valence electrons. The minimum Gasteiger partial charge on any atom is -0.497 e. The normalized spacial score (nSPS) is 15.2. The van der Waals surface area contributed by atoms with E-state index in [1.165, 1.54) is 6.42 Å². The predicted molar refractivity (Wildman–Crippen MR) is 79.6 cm³/mol. The molecule has 1 fully saturated rings. The molecule has 1 aliphatic heterocycles. The number of piperidine rings is 1. The van der Waals surface area contributed by atoms with Gasteiger partial charge in [-0.2, -0.15) is 0 Å². The molecule has 1 amide bonds. The summed E-state index contributed by atoms with van der Waals surface area (Å²) >= 11 is 3.42. The van der Waals surface area contributed by atoms with Crippen molar-refractivity contribution in [2.45, 2.75) is 19.3 Å². The topological polar surface area (TPSA) is 41.6 Å². The Morgan fingerprint density at radius 3 is 2.74 bits per heavy atom. The molecule has 0 radical (unpaired) electrons. The van der Waals surface area contributed by atoms with Gasteiger partial charge in [0.05, 0.1) is 13.7 Å². The van der Waals surface area contributed by atoms with Crippen molar-refractivity contribution in [2.24, 2.45) is 0 Å². The highest BCUT2D eigenvalue weighted by Crippen LogP contribution is 2.24. The molecule has 1 saturated heterocycles. The van der Waals surface area contributed by atoms with Gasteiger partial charge in [-0.15, -0.1) is 0 Å². The van der Waals surface area contributed by atoms with Crippen LogP contribution in [0, 0.1) is 0 Å². The van der Waals surface area contributed by atoms with Crippen LogP contribution in [0.2, 0.25) is 0 Å². The molecule has 5 heteroatoms. The van der Waals surface area contributed by atoms with E-state index in [0.29, 0.717) is 6.54 Å². The fraction of sp³-hybridized carbons (Fsp3) is 0.500. The zero-order chi connectivity index (χ0) is 13.7. The van der Waals surface area contributed by atoms with Gasteiger partial charge in [0.15, 0.2) is 0 Å². The van der Waals surface area contributed by atoms with E-state index in [1.54, 1.807) is 7.11 Å². The summed E-state index contributed by atoms with van der Waals surface area (Å²) in [5.41, 5.74) is 0.886. The highest BCUT2D eigenvalue weighted by atomic mass is 79.9. The lowest BCUT2D eigenvalue weighted by Gasteiger charge is -2.26. The van der Waals surface area contributed by atoms with Gasteiger partial charge in [0, 0.05) is 29.3 Å². The molecule has 0 saturated carbocycles. The molecule has 2 rings (SSSR count). The number of anilines is 1. The number of nitrogens with zero attached hydrogens (tertiary/aromatic N) is 1. The number of hydrogen-bond acceptors (Lipinski definition) is 3. The Labute approximate surface area is 122 Å². The third-order valence-electron chi connectivity index (χ3n) is 3.26. The Balaban J connectivity index is 1.90. The highest BCUT2D eigenvalue weighted by molar-refractivity contribution is 9.10. The number of hydrogen-bond donors (Lipinski definition) is 1. The fourth-order valence-corrected chi connectivity index (χ4v) is 2.69. The van der Waals surface area contributed by atoms with Crippen molar-refractivity contribution in [3.05, 3.63) is 22.7 Å². The number of methoxy groups -OCH3 is 1. The van der Waals surface area contributed by atoms with Crippen LogP contribution in [0.5, 0.6) is 5.75 Å². The third-order valence-corrected chi connectivity index (χ3v) is 3.72. The zero-order valence-corrected chi connectivity index (χ0v) is 12.7. The Morgan fingerprint density at radius 1 is 1.32 bits per heavy atom. The molecule has 0 bridgehead atoms. The van der Waals surface area contributed by atoms with Crippen LogP contribution in [0.1, 0.15) is 19.3 Å². The second kappa shape index (κ2) is 6.80. The summed E-state index contributed by atoms with van der Waals surface area (Å²) < 4.78 is 6.12. The summed E-state index contributed by atoms with van der Waals surface area (Å²) in [4.78, 5) is 14.0. The lowest BCUT2D eigenvalue weighted by molar-refractivity contribution is -0.130. The van der Waals surface area contributed by atoms with Gasteiger partial charge in [-0.3, -0.25) is 4.79 Å². The Hall–Kier alpha value is -1.23. The van der Waals surface area contributed by atoms with Gasteiger partial charge in [0.2, 0.25) is 5.91 Å². The Kier molecular flexibility index (Phi) is 5.07. The summed E-state index contributed by atoms with van der Waals surface area (Å²) in [5.74, 6) is 0.931. The van der Waals surface area contributed by atoms with E-state index in [2.05, 4.69) is 21.2 Å². The smallest absolute Gasteiger partial charge is 0.241 e. The van der Waals surface area contributed by atoms with Gasteiger partial charge in [-0.25, -0.2) is 0 Å². The Bertz CT molecular complexity index is 445. The molecule has 0 aromatic heterocycles. The first kappa shape index (κ1) is 14.2. The zero-order valence-electron chi connectivity index (χ0n) is 11.1. The molecule has 1 aliphatic rings. The van der Waals surface area contributed by atoms with Crippen LogP contribution in [0.15, 0.2) is 22.7 Å². The van der Waals surface area contributed by atoms with Gasteiger partial charge in [-0.05, 0) is 31.4 Å². The highest BCUT2D eigenvalue weighted by Gasteiger charge is 2.15. The molecule has 1 heterocycles. The summed E-state index contributed by atoms with van der Waals surface area (Å²) in [6.07, 6.45) is 3.48. The van der Waals surface area contributed by atoms with Crippen LogP contribution in [-0.2, 0) is 4.79 Å². The average Bonchev–Trinajstić information content (AvgIpc) is 2.45. The van der Waals surface area contributed by atoms with Gasteiger partial charge in [0.25, 0.3) is 0 Å². The maximum absolute atomic E-state index is 12.0. The molecule has 1 aromatic rings. The van der Waals surface area contributed by atoms with Crippen molar-refractivity contribution < 1.29 is 9.53 Å². The number of halogens is 1. The van der Waals surface area contributed by atoms with Crippen LogP contribution < -0.4 is 10.1 Å². The molecule has 0 aliphatic carbocycles. The largest absolute Gasteiger partial charge is 0.497 e. The van der Waals surface area contributed by atoms with Crippen LogP contribution in [-0.4, -0.2) is 37.6 Å². The minimum atomic E-state index is 0.165. The first-order valence-corrected chi connectivity index (χ1v) is 7.34. The Morgan fingerprint density at radius 2 is 2.05 bits per heavy atom. The number of ether oxygens (including phenoxy) is 1. The predicted octanol–water partition coefficient (Wildman–Crippen LogP) is 2.88. The van der Waals surface area contributed by atoms with Crippen molar-refractivity contribution >= 4 is 27.5 Å². The maximum atomic E-state index is 12.0. The van der Waals surface area contributed by atoms with Crippen LogP contribution in [0.4, 0.5) is 5.69 Å². The van der Waals surface area contributed by atoms with Gasteiger partial charge >= 0.3 is 0 Å². The quantitative estimate of drug-likeness (QED) is 0.925. The van der Waals surface area contributed by atoms with Crippen LogP contribution in [0.3, 0.4) is 0 Å². The van der Waals surface area contributed by atoms with E-state index in [0.717, 1.165) is 41.8 Å². The molecule has 4 nitrogen and oxygen atoms in total. The van der Waals surface area contributed by atoms with Crippen molar-refractivity contribution in [1.82, 2.24) is 4.90 Å². The summed E-state index contributed by atoms with van der Waals surface area (Å²) in [6.45, 7) is 2.12. The minimum absolute atomic E-state index is 0.165. The molecule has 1 N–H and O–H groups in total. The summed E-state index contributed by atoms with van der Waals surface area (Å²) in [5, 5.41) is 3.16. The number of likely N-dealkylation sites (tertiary alicyclic amines) is 1. The average molecular weight is 327 g/mol. The number of carbonyl (C=O) groups is 1. The first-order chi connectivity index (χ1) is 9.19. The molecule has 19 heavy (non-hydrogen) atoms. The molecule has 0 unspecified atom stereocenters. The van der Waals surface area contributed by atoms with Crippen LogP contribution in [0.25, 0.3) is 0 Å². The molecular formula is C14H19BrN2O2. The number of amides is 1. The summed E-state index contributed by atoms with van der Waals surface area (Å²) in [6, 6.07) is 5.71. The fourth-order valence-electron chi connectivity index (χ4n) is 2.22. The summed E-state index contributed by atoms with van der Waals surface area (Å²) in [7, 11) is 1.63. The van der Waals surface area contributed by atoms with Crippen molar-refractivity contribution in [3.63, 3.8) is 0 Å². The molecule has 0 spiro atoms. The van der Waals surface area contributed by atoms with Gasteiger partial charge in [0.1, 0.15) is 5.75 Å². The van der Waals surface area contributed by atoms with E-state index >= 15 is 0 Å². The monoisotopic (exact) mass is 326 g/mol. The molecule has 1 aromatic carbocycles. The van der Waals surface area contributed by atoms with Gasteiger partial charge < -0.3 is 15.0 Å².